The molecule has 2 aromatic carbocycles. The predicted molar refractivity (Wildman–Crippen MR) is 93.8 cm³/mol. The van der Waals surface area contributed by atoms with Crippen molar-refractivity contribution in [2.75, 3.05) is 13.7 Å². The van der Waals surface area contributed by atoms with Crippen LogP contribution in [-0.4, -0.2) is 32.4 Å². The number of rotatable bonds is 5. The molecule has 1 aliphatic heterocycles. The van der Waals surface area contributed by atoms with E-state index in [0.717, 1.165) is 0 Å². The Labute approximate surface area is 155 Å². The van der Waals surface area contributed by atoms with Crippen LogP contribution < -0.4 is 4.72 Å². The van der Waals surface area contributed by atoms with Gasteiger partial charge < -0.3 is 0 Å². The zero-order chi connectivity index (χ0) is 18.9. The minimum absolute atomic E-state index is 0.0275. The van der Waals surface area contributed by atoms with E-state index < -0.39 is 32.9 Å². The highest BCUT2D eigenvalue weighted by atomic mass is 35.5. The average Bonchev–Trinajstić information content (AvgIpc) is 2.99. The number of halogens is 3. The molecule has 0 aliphatic carbocycles. The van der Waals surface area contributed by atoms with Gasteiger partial charge in [0.05, 0.1) is 17.7 Å². The van der Waals surface area contributed by atoms with Gasteiger partial charge >= 0.3 is 0 Å². The fraction of sp³-hybridized carbons (Fsp3) is 0.294. The minimum Gasteiger partial charge on any atom is -0.297 e. The lowest BCUT2D eigenvalue weighted by molar-refractivity contribution is -0.110. The highest BCUT2D eigenvalue weighted by Crippen LogP contribution is 2.34. The highest BCUT2D eigenvalue weighted by molar-refractivity contribution is 7.90. The Kier molecular flexibility index (Phi) is 5.59. The summed E-state index contributed by atoms with van der Waals surface area (Å²) < 4.78 is 54.4. The Morgan fingerprint density at radius 3 is 2.58 bits per heavy atom. The molecule has 1 saturated heterocycles. The van der Waals surface area contributed by atoms with E-state index in [1.807, 2.05) is 0 Å². The van der Waals surface area contributed by atoms with E-state index in [9.17, 15) is 17.2 Å². The Morgan fingerprint density at radius 1 is 1.23 bits per heavy atom. The summed E-state index contributed by atoms with van der Waals surface area (Å²) in [7, 11) is -2.16. The molecule has 0 unspecified atom stereocenters. The van der Waals surface area contributed by atoms with Crippen molar-refractivity contribution in [3.63, 3.8) is 0 Å². The van der Waals surface area contributed by atoms with E-state index in [1.54, 1.807) is 7.05 Å². The standard InChI is InChI=1S/C17H17ClF2N2O3S/c1-22-17(12-4-7-15(20)14(18)8-12)16(10-25-22)26(23,24)21-9-11-2-5-13(19)6-3-11/h2-8,16-17,21H,9-10H2,1H3/t16-,17-/m1/s1. The van der Waals surface area contributed by atoms with E-state index >= 15 is 0 Å². The zero-order valence-corrected chi connectivity index (χ0v) is 15.4. The molecule has 0 bridgehead atoms. The predicted octanol–water partition coefficient (Wildman–Crippen LogP) is 3.02. The van der Waals surface area contributed by atoms with Crippen molar-refractivity contribution in [1.29, 1.82) is 0 Å². The molecule has 2 atom stereocenters. The third-order valence-corrected chi connectivity index (χ3v) is 6.29. The van der Waals surface area contributed by atoms with Gasteiger partial charge in [0.1, 0.15) is 16.9 Å². The lowest BCUT2D eigenvalue weighted by Gasteiger charge is -2.23. The molecule has 26 heavy (non-hydrogen) atoms. The smallest absolute Gasteiger partial charge is 0.219 e. The molecule has 1 heterocycles. The zero-order valence-electron chi connectivity index (χ0n) is 13.8. The van der Waals surface area contributed by atoms with E-state index in [-0.39, 0.29) is 18.2 Å². The molecule has 9 heteroatoms. The van der Waals surface area contributed by atoms with Crippen molar-refractivity contribution in [2.45, 2.75) is 17.8 Å². The maximum Gasteiger partial charge on any atom is 0.219 e. The molecular formula is C17H17ClF2N2O3S. The molecule has 0 amide bonds. The molecule has 1 N–H and O–H groups in total. The maximum absolute atomic E-state index is 13.4. The molecule has 0 spiro atoms. The van der Waals surface area contributed by atoms with Gasteiger partial charge in [-0.2, -0.15) is 5.06 Å². The molecule has 140 valence electrons. The molecule has 2 aromatic rings. The molecule has 1 fully saturated rings. The van der Waals surface area contributed by atoms with Crippen LogP contribution in [0, 0.1) is 11.6 Å². The monoisotopic (exact) mass is 402 g/mol. The van der Waals surface area contributed by atoms with E-state index in [0.29, 0.717) is 11.1 Å². The van der Waals surface area contributed by atoms with Gasteiger partial charge in [-0.25, -0.2) is 21.9 Å². The lowest BCUT2D eigenvalue weighted by Crippen LogP contribution is -2.39. The topological polar surface area (TPSA) is 58.6 Å². The van der Waals surface area contributed by atoms with Crippen molar-refractivity contribution in [3.8, 4) is 0 Å². The first-order valence-electron chi connectivity index (χ1n) is 7.81. The average molecular weight is 403 g/mol. The van der Waals surface area contributed by atoms with Crippen LogP contribution in [0.2, 0.25) is 5.02 Å². The minimum atomic E-state index is -3.77. The second-order valence-electron chi connectivity index (χ2n) is 5.99. The van der Waals surface area contributed by atoms with Crippen LogP contribution >= 0.6 is 11.6 Å². The largest absolute Gasteiger partial charge is 0.297 e. The number of hydrogen-bond donors (Lipinski definition) is 1. The third kappa shape index (κ3) is 4.05. The van der Waals surface area contributed by atoms with Crippen molar-refractivity contribution in [2.24, 2.45) is 0 Å². The number of hydroxylamine groups is 2. The second kappa shape index (κ2) is 7.58. The van der Waals surface area contributed by atoms with Crippen LogP contribution in [0.1, 0.15) is 17.2 Å². The van der Waals surface area contributed by atoms with Crippen LogP contribution in [0.25, 0.3) is 0 Å². The van der Waals surface area contributed by atoms with E-state index in [2.05, 4.69) is 4.72 Å². The molecular weight excluding hydrogens is 386 g/mol. The summed E-state index contributed by atoms with van der Waals surface area (Å²) in [6.07, 6.45) is 0. The summed E-state index contributed by atoms with van der Waals surface area (Å²) in [6, 6.07) is 8.98. The molecule has 1 aliphatic rings. The third-order valence-electron chi connectivity index (χ3n) is 4.26. The van der Waals surface area contributed by atoms with E-state index in [4.69, 9.17) is 16.4 Å². The molecule has 0 aromatic heterocycles. The summed E-state index contributed by atoms with van der Waals surface area (Å²) >= 11 is 5.83. The van der Waals surface area contributed by atoms with Gasteiger partial charge in [0.25, 0.3) is 0 Å². The quantitative estimate of drug-likeness (QED) is 0.835. The first-order valence-corrected chi connectivity index (χ1v) is 9.74. The van der Waals surface area contributed by atoms with Crippen LogP contribution in [0.3, 0.4) is 0 Å². The van der Waals surface area contributed by atoms with Gasteiger partial charge in [-0.1, -0.05) is 29.8 Å². The van der Waals surface area contributed by atoms with Crippen molar-refractivity contribution in [1.82, 2.24) is 9.79 Å². The highest BCUT2D eigenvalue weighted by Gasteiger charge is 2.43. The molecule has 0 saturated carbocycles. The second-order valence-corrected chi connectivity index (χ2v) is 8.38. The lowest BCUT2D eigenvalue weighted by atomic mass is 10.0. The normalized spacial score (nSPS) is 21.2. The number of sulfonamides is 1. The summed E-state index contributed by atoms with van der Waals surface area (Å²) in [5.41, 5.74) is 1.16. The van der Waals surface area contributed by atoms with Crippen molar-refractivity contribution >= 4 is 21.6 Å². The van der Waals surface area contributed by atoms with Crippen molar-refractivity contribution < 1.29 is 22.0 Å². The SMILES string of the molecule is CN1OC[C@@H](S(=O)(=O)NCc2ccc(F)cc2)[C@H]1c1ccc(F)c(Cl)c1. The molecule has 5 nitrogen and oxygen atoms in total. The van der Waals surface area contributed by atoms with Gasteiger partial charge in [-0.3, -0.25) is 4.84 Å². The summed E-state index contributed by atoms with van der Waals surface area (Å²) in [6.45, 7) is -0.0192. The van der Waals surface area contributed by atoms with Gasteiger partial charge in [0, 0.05) is 13.6 Å². The first kappa shape index (κ1) is 19.2. The fourth-order valence-electron chi connectivity index (χ4n) is 2.87. The number of nitrogens with zero attached hydrogens (tertiary/aromatic N) is 1. The number of nitrogens with one attached hydrogen (secondary N) is 1. The maximum atomic E-state index is 13.4. The summed E-state index contributed by atoms with van der Waals surface area (Å²) in [4.78, 5) is 5.38. The summed E-state index contributed by atoms with van der Waals surface area (Å²) in [5, 5.41) is 0.429. The van der Waals surface area contributed by atoms with Gasteiger partial charge in [-0.05, 0) is 35.4 Å². The van der Waals surface area contributed by atoms with Gasteiger partial charge in [0.2, 0.25) is 10.0 Å². The fourth-order valence-corrected chi connectivity index (χ4v) is 4.55. The van der Waals surface area contributed by atoms with Crippen LogP contribution in [-0.2, 0) is 21.4 Å². The molecule has 3 rings (SSSR count). The van der Waals surface area contributed by atoms with Gasteiger partial charge in [-0.15, -0.1) is 0 Å². The van der Waals surface area contributed by atoms with E-state index in [1.165, 1.54) is 47.5 Å². The Balaban J connectivity index is 1.80. The first-order chi connectivity index (χ1) is 12.3. The summed E-state index contributed by atoms with van der Waals surface area (Å²) in [5.74, 6) is -0.971. The van der Waals surface area contributed by atoms with Crippen LogP contribution in [0.5, 0.6) is 0 Å². The van der Waals surface area contributed by atoms with Crippen LogP contribution in [0.4, 0.5) is 8.78 Å². The Bertz CT molecular complexity index is 893. The van der Waals surface area contributed by atoms with Gasteiger partial charge in [0.15, 0.2) is 0 Å². The molecule has 0 radical (unpaired) electrons. The Hall–Kier alpha value is -1.58. The Morgan fingerprint density at radius 2 is 1.92 bits per heavy atom. The number of benzene rings is 2. The van der Waals surface area contributed by atoms with Crippen molar-refractivity contribution in [3.05, 3.63) is 70.2 Å². The van der Waals surface area contributed by atoms with Crippen LogP contribution in [0.15, 0.2) is 42.5 Å². The number of hydrogen-bond acceptors (Lipinski definition) is 4.